The van der Waals surface area contributed by atoms with Crippen molar-refractivity contribution in [3.8, 4) is 0 Å². The number of ether oxygens (including phenoxy) is 2. The number of hydrogen-bond acceptors (Lipinski definition) is 5. The average Bonchev–Trinajstić information content (AvgIpc) is 3.12. The third-order valence-electron chi connectivity index (χ3n) is 7.86. The molecule has 0 rings (SSSR count). The molecule has 0 aliphatic heterocycles. The first-order valence-electron chi connectivity index (χ1n) is 19.8. The first-order valence-corrected chi connectivity index (χ1v) is 19.8. The normalized spacial score (nSPS) is 13.3. The summed E-state index contributed by atoms with van der Waals surface area (Å²) in [4.78, 5) is 24.2. The number of allylic oxidation sites excluding steroid dienone is 16. The first-order chi connectivity index (χ1) is 24.6. The molecule has 1 N–H and O–H groups in total. The second-order valence-corrected chi connectivity index (χ2v) is 12.6. The van der Waals surface area contributed by atoms with Gasteiger partial charge >= 0.3 is 11.9 Å². The molecule has 0 amide bonds. The summed E-state index contributed by atoms with van der Waals surface area (Å²) in [7, 11) is 0. The number of carbonyl (C=O) groups is 2. The lowest BCUT2D eigenvalue weighted by molar-refractivity contribution is -0.161. The van der Waals surface area contributed by atoms with Crippen LogP contribution in [0.2, 0.25) is 0 Å². The Morgan fingerprint density at radius 1 is 0.480 bits per heavy atom. The smallest absolute Gasteiger partial charge is 0.306 e. The van der Waals surface area contributed by atoms with E-state index in [0.29, 0.717) is 12.8 Å². The molecule has 1 atom stereocenters. The number of aliphatic hydroxyl groups excluding tert-OH is 1. The molecule has 1 unspecified atom stereocenters. The largest absolute Gasteiger partial charge is 0.462 e. The van der Waals surface area contributed by atoms with Crippen LogP contribution in [0.4, 0.5) is 0 Å². The molecule has 0 aromatic carbocycles. The van der Waals surface area contributed by atoms with Crippen molar-refractivity contribution < 1.29 is 24.2 Å². The molecule has 0 saturated heterocycles. The molecule has 0 aromatic rings. The molecule has 5 heteroatoms. The minimum Gasteiger partial charge on any atom is -0.462 e. The highest BCUT2D eigenvalue weighted by Crippen LogP contribution is 2.10. The van der Waals surface area contributed by atoms with Crippen molar-refractivity contribution in [1.29, 1.82) is 0 Å². The predicted molar refractivity (Wildman–Crippen MR) is 214 cm³/mol. The lowest BCUT2D eigenvalue weighted by Crippen LogP contribution is -2.28. The van der Waals surface area contributed by atoms with Gasteiger partial charge in [0.25, 0.3) is 0 Å². The minimum atomic E-state index is -0.813. The molecule has 0 saturated carbocycles. The molecule has 0 aromatic heterocycles. The molecule has 0 heterocycles. The van der Waals surface area contributed by atoms with E-state index in [1.54, 1.807) is 0 Å². The summed E-state index contributed by atoms with van der Waals surface area (Å²) < 4.78 is 10.6. The van der Waals surface area contributed by atoms with E-state index in [2.05, 4.69) is 111 Å². The molecule has 0 radical (unpaired) electrons. The SMILES string of the molecule is CC/C=C\C/C=C\C/C=C\C/C=C\C/C=C\CCCC(=O)OC(CO)COC(=O)CCCCCCCC/C=C\C/C=C\C/C=C\CCCCC. The Morgan fingerprint density at radius 2 is 0.880 bits per heavy atom. The van der Waals surface area contributed by atoms with Crippen LogP contribution in [-0.4, -0.2) is 36.4 Å². The first kappa shape index (κ1) is 46.8. The topological polar surface area (TPSA) is 72.8 Å². The van der Waals surface area contributed by atoms with Gasteiger partial charge in [0.1, 0.15) is 6.61 Å². The van der Waals surface area contributed by atoms with Crippen LogP contribution in [0, 0.1) is 0 Å². The Labute approximate surface area is 307 Å². The third kappa shape index (κ3) is 37.6. The minimum absolute atomic E-state index is 0.102. The Bertz CT molecular complexity index is 1010. The Kier molecular flexibility index (Phi) is 37.7. The number of esters is 2. The van der Waals surface area contributed by atoms with Gasteiger partial charge in [-0.05, 0) is 89.9 Å². The highest BCUT2D eigenvalue weighted by Gasteiger charge is 2.15. The summed E-state index contributed by atoms with van der Waals surface area (Å²) in [6.45, 7) is 3.92. The van der Waals surface area contributed by atoms with Crippen molar-refractivity contribution in [2.45, 2.75) is 161 Å². The van der Waals surface area contributed by atoms with Crippen LogP contribution in [-0.2, 0) is 19.1 Å². The highest BCUT2D eigenvalue weighted by atomic mass is 16.6. The van der Waals surface area contributed by atoms with Crippen LogP contribution in [0.5, 0.6) is 0 Å². The van der Waals surface area contributed by atoms with Crippen molar-refractivity contribution in [1.82, 2.24) is 0 Å². The second kappa shape index (κ2) is 40.3. The van der Waals surface area contributed by atoms with Gasteiger partial charge in [-0.1, -0.05) is 150 Å². The molecule has 0 bridgehead atoms. The molecule has 0 spiro atoms. The van der Waals surface area contributed by atoms with Gasteiger partial charge in [0, 0.05) is 12.8 Å². The number of hydrogen-bond donors (Lipinski definition) is 1. The van der Waals surface area contributed by atoms with E-state index in [4.69, 9.17) is 9.47 Å². The summed E-state index contributed by atoms with van der Waals surface area (Å²) in [5, 5.41) is 9.55. The van der Waals surface area contributed by atoms with Gasteiger partial charge in [0.05, 0.1) is 6.61 Å². The zero-order valence-corrected chi connectivity index (χ0v) is 31.9. The molecule has 5 nitrogen and oxygen atoms in total. The van der Waals surface area contributed by atoms with Crippen LogP contribution in [0.3, 0.4) is 0 Å². The van der Waals surface area contributed by atoms with Crippen molar-refractivity contribution in [3.05, 3.63) is 97.2 Å². The zero-order valence-electron chi connectivity index (χ0n) is 31.9. The predicted octanol–water partition coefficient (Wildman–Crippen LogP) is 12.5. The van der Waals surface area contributed by atoms with E-state index < -0.39 is 6.10 Å². The van der Waals surface area contributed by atoms with E-state index in [0.717, 1.165) is 77.0 Å². The van der Waals surface area contributed by atoms with E-state index in [-0.39, 0.29) is 31.6 Å². The number of aliphatic hydroxyl groups is 1. The molecule has 50 heavy (non-hydrogen) atoms. The number of carbonyl (C=O) groups excluding carboxylic acids is 2. The van der Waals surface area contributed by atoms with E-state index >= 15 is 0 Å². The standard InChI is InChI=1S/C45H72O5/c1-3-5-7-9-11-13-15-17-19-21-22-24-25-27-29-31-33-35-37-39-44(47)49-42-43(41-46)50-45(48)40-38-36-34-32-30-28-26-23-20-18-16-14-12-10-8-6-4-2/h6,8,11-14,17-20,22,24,26,28,32,34,43,46H,3-5,7,9-10,15-16,21,23,25,27,29-31,33,35-42H2,1-2H3/b8-6-,13-11-,14-12-,19-17-,20-18-,24-22-,28-26-,34-32-. The van der Waals surface area contributed by atoms with E-state index in [1.165, 1.54) is 44.9 Å². The van der Waals surface area contributed by atoms with E-state index in [9.17, 15) is 14.7 Å². The second-order valence-electron chi connectivity index (χ2n) is 12.6. The van der Waals surface area contributed by atoms with Gasteiger partial charge in [-0.2, -0.15) is 0 Å². The van der Waals surface area contributed by atoms with Gasteiger partial charge in [-0.3, -0.25) is 9.59 Å². The van der Waals surface area contributed by atoms with Gasteiger partial charge in [-0.15, -0.1) is 0 Å². The Balaban J connectivity index is 3.72. The summed E-state index contributed by atoms with van der Waals surface area (Å²) in [6.07, 6.45) is 56.1. The molecular weight excluding hydrogens is 620 g/mol. The zero-order chi connectivity index (χ0) is 36.4. The molecule has 0 fully saturated rings. The molecular formula is C45H72O5. The summed E-state index contributed by atoms with van der Waals surface area (Å²) in [6, 6.07) is 0. The summed E-state index contributed by atoms with van der Waals surface area (Å²) in [5.41, 5.74) is 0. The van der Waals surface area contributed by atoms with Gasteiger partial charge in [0.15, 0.2) is 6.10 Å². The van der Waals surface area contributed by atoms with E-state index in [1.807, 2.05) is 0 Å². The lowest BCUT2D eigenvalue weighted by Gasteiger charge is -2.15. The fraction of sp³-hybridized carbons (Fsp3) is 0.600. The average molecular weight is 693 g/mol. The number of rotatable bonds is 34. The van der Waals surface area contributed by atoms with Crippen LogP contribution >= 0.6 is 0 Å². The Hall–Kier alpha value is -3.18. The summed E-state index contributed by atoms with van der Waals surface area (Å²) >= 11 is 0. The van der Waals surface area contributed by atoms with Crippen LogP contribution in [0.25, 0.3) is 0 Å². The maximum absolute atomic E-state index is 12.1. The monoisotopic (exact) mass is 693 g/mol. The quantitative estimate of drug-likeness (QED) is 0.0413. The maximum atomic E-state index is 12.1. The van der Waals surface area contributed by atoms with Gasteiger partial charge in [-0.25, -0.2) is 0 Å². The van der Waals surface area contributed by atoms with Crippen molar-refractivity contribution in [3.63, 3.8) is 0 Å². The van der Waals surface area contributed by atoms with Gasteiger partial charge < -0.3 is 14.6 Å². The highest BCUT2D eigenvalue weighted by molar-refractivity contribution is 5.70. The lowest BCUT2D eigenvalue weighted by atomic mass is 10.1. The fourth-order valence-corrected chi connectivity index (χ4v) is 4.89. The third-order valence-corrected chi connectivity index (χ3v) is 7.86. The maximum Gasteiger partial charge on any atom is 0.306 e. The van der Waals surface area contributed by atoms with Crippen molar-refractivity contribution in [2.75, 3.05) is 13.2 Å². The molecule has 0 aliphatic rings. The molecule has 0 aliphatic carbocycles. The summed E-state index contributed by atoms with van der Waals surface area (Å²) in [5.74, 6) is -0.684. The fourth-order valence-electron chi connectivity index (χ4n) is 4.89. The molecule has 282 valence electrons. The Morgan fingerprint density at radius 3 is 1.36 bits per heavy atom. The van der Waals surface area contributed by atoms with Crippen LogP contribution in [0.1, 0.15) is 155 Å². The number of unbranched alkanes of at least 4 members (excludes halogenated alkanes) is 10. The van der Waals surface area contributed by atoms with Crippen molar-refractivity contribution in [2.24, 2.45) is 0 Å². The van der Waals surface area contributed by atoms with Crippen molar-refractivity contribution >= 4 is 11.9 Å². The van der Waals surface area contributed by atoms with Crippen LogP contribution in [0.15, 0.2) is 97.2 Å². The van der Waals surface area contributed by atoms with Gasteiger partial charge in [0.2, 0.25) is 0 Å². The van der Waals surface area contributed by atoms with Crippen LogP contribution < -0.4 is 0 Å².